The van der Waals surface area contributed by atoms with Gasteiger partial charge in [0.25, 0.3) is 0 Å². The lowest BCUT2D eigenvalue weighted by Gasteiger charge is -2.30. The molecule has 1 saturated carbocycles. The lowest BCUT2D eigenvalue weighted by molar-refractivity contribution is 0.295. The molecule has 3 atom stereocenters. The maximum Gasteiger partial charge on any atom is 0.0165 e. The van der Waals surface area contributed by atoms with Crippen molar-refractivity contribution < 1.29 is 0 Å². The van der Waals surface area contributed by atoms with E-state index in [0.717, 1.165) is 11.8 Å². The molecule has 0 spiro atoms. The number of rotatable bonds is 0. The minimum absolute atomic E-state index is 0.146. The summed E-state index contributed by atoms with van der Waals surface area (Å²) in [6.45, 7) is 4.69. The highest BCUT2D eigenvalue weighted by atomic mass is 14.7. The summed E-state index contributed by atoms with van der Waals surface area (Å²) in [5.41, 5.74) is 8.27. The van der Waals surface area contributed by atoms with Crippen LogP contribution in [0.3, 0.4) is 0 Å². The minimum atomic E-state index is 0.146. The van der Waals surface area contributed by atoms with Gasteiger partial charge in [-0.05, 0) is 43.9 Å². The second-order valence-electron chi connectivity index (χ2n) is 5.30. The molecule has 2 aliphatic carbocycles. The largest absolute Gasteiger partial charge is 0.325 e. The fourth-order valence-corrected chi connectivity index (χ4v) is 3.23. The Labute approximate surface area is 81.4 Å². The van der Waals surface area contributed by atoms with Crippen molar-refractivity contribution in [1.29, 1.82) is 0 Å². The summed E-state index contributed by atoms with van der Waals surface area (Å²) in [6, 6.07) is 0. The topological polar surface area (TPSA) is 26.0 Å². The van der Waals surface area contributed by atoms with Crippen molar-refractivity contribution in [3.05, 3.63) is 11.6 Å². The lowest BCUT2D eigenvalue weighted by Crippen LogP contribution is -2.41. The highest BCUT2D eigenvalue weighted by Gasteiger charge is 2.35. The van der Waals surface area contributed by atoms with Crippen molar-refractivity contribution in [2.24, 2.45) is 17.6 Å². The van der Waals surface area contributed by atoms with Crippen LogP contribution in [-0.4, -0.2) is 5.54 Å². The van der Waals surface area contributed by atoms with Gasteiger partial charge in [-0.15, -0.1) is 0 Å². The third-order valence-corrected chi connectivity index (χ3v) is 3.73. The molecule has 0 aromatic rings. The number of allylic oxidation sites excluding steroid dienone is 2. The molecule has 0 heterocycles. The summed E-state index contributed by atoms with van der Waals surface area (Å²) >= 11 is 0. The van der Waals surface area contributed by atoms with E-state index >= 15 is 0 Å². The zero-order valence-corrected chi connectivity index (χ0v) is 8.84. The van der Waals surface area contributed by atoms with Gasteiger partial charge in [0.15, 0.2) is 0 Å². The first kappa shape index (κ1) is 9.26. The zero-order valence-electron chi connectivity index (χ0n) is 8.84. The molecule has 3 unspecified atom stereocenters. The quantitative estimate of drug-likeness (QED) is 0.568. The van der Waals surface area contributed by atoms with Crippen LogP contribution in [-0.2, 0) is 0 Å². The number of hydrogen-bond donors (Lipinski definition) is 1. The van der Waals surface area contributed by atoms with Crippen LogP contribution in [0.2, 0.25) is 0 Å². The minimum Gasteiger partial charge on any atom is -0.325 e. The molecule has 1 nitrogen and oxygen atoms in total. The Balaban J connectivity index is 2.29. The molecule has 1 heteroatoms. The Morgan fingerprint density at radius 1 is 1.38 bits per heavy atom. The third-order valence-electron chi connectivity index (χ3n) is 3.73. The molecule has 0 aromatic carbocycles. The van der Waals surface area contributed by atoms with Gasteiger partial charge in [0.1, 0.15) is 0 Å². The molecular weight excluding hydrogens is 158 g/mol. The van der Waals surface area contributed by atoms with Crippen LogP contribution >= 0.6 is 0 Å². The van der Waals surface area contributed by atoms with E-state index in [1.165, 1.54) is 32.1 Å². The Bertz CT molecular complexity index is 231. The first-order chi connectivity index (χ1) is 6.09. The predicted molar refractivity (Wildman–Crippen MR) is 56.4 cm³/mol. The van der Waals surface area contributed by atoms with E-state index in [2.05, 4.69) is 19.9 Å². The summed E-state index contributed by atoms with van der Waals surface area (Å²) in [6.07, 6.45) is 8.60. The summed E-state index contributed by atoms with van der Waals surface area (Å²) in [5, 5.41) is 0. The van der Waals surface area contributed by atoms with Gasteiger partial charge in [-0.3, -0.25) is 0 Å². The van der Waals surface area contributed by atoms with Crippen molar-refractivity contribution in [2.75, 3.05) is 0 Å². The lowest BCUT2D eigenvalue weighted by atomic mass is 9.82. The van der Waals surface area contributed by atoms with E-state index in [-0.39, 0.29) is 5.54 Å². The Morgan fingerprint density at radius 3 is 2.92 bits per heavy atom. The normalized spacial score (nSPS) is 45.3. The molecule has 0 aromatic heterocycles. The highest BCUT2D eigenvalue weighted by Crippen LogP contribution is 2.41. The Morgan fingerprint density at radius 2 is 2.15 bits per heavy atom. The van der Waals surface area contributed by atoms with Gasteiger partial charge in [0.05, 0.1) is 0 Å². The molecule has 2 rings (SSSR count). The van der Waals surface area contributed by atoms with Gasteiger partial charge in [0.2, 0.25) is 0 Å². The van der Waals surface area contributed by atoms with E-state index in [1.54, 1.807) is 5.57 Å². The van der Waals surface area contributed by atoms with Gasteiger partial charge >= 0.3 is 0 Å². The van der Waals surface area contributed by atoms with E-state index in [9.17, 15) is 0 Å². The maximum atomic E-state index is 6.44. The average Bonchev–Trinajstić information content (AvgIpc) is 2.15. The molecular formula is C12H21N. The van der Waals surface area contributed by atoms with Gasteiger partial charge in [-0.25, -0.2) is 0 Å². The molecule has 0 amide bonds. The predicted octanol–water partition coefficient (Wildman–Crippen LogP) is 2.86. The second kappa shape index (κ2) is 3.13. The van der Waals surface area contributed by atoms with Crippen LogP contribution < -0.4 is 5.73 Å². The van der Waals surface area contributed by atoms with E-state index < -0.39 is 0 Å². The fraction of sp³-hybridized carbons (Fsp3) is 0.833. The average molecular weight is 179 g/mol. The van der Waals surface area contributed by atoms with Gasteiger partial charge in [-0.1, -0.05) is 25.5 Å². The standard InChI is InChI=1S/C12H21N/c1-9-6-11-4-3-5-12(13,7-9)8-10(11)2/h4,9-10H,3,5-8,13H2,1-2H3. The van der Waals surface area contributed by atoms with Crippen molar-refractivity contribution >= 4 is 0 Å². The third kappa shape index (κ3) is 1.80. The molecule has 0 saturated heterocycles. The fourth-order valence-electron chi connectivity index (χ4n) is 3.23. The smallest absolute Gasteiger partial charge is 0.0165 e. The number of nitrogens with two attached hydrogens (primary N) is 1. The molecule has 1 fully saturated rings. The van der Waals surface area contributed by atoms with Crippen LogP contribution in [0.4, 0.5) is 0 Å². The monoisotopic (exact) mass is 179 g/mol. The molecule has 0 radical (unpaired) electrons. The van der Waals surface area contributed by atoms with E-state index in [0.29, 0.717) is 0 Å². The zero-order chi connectivity index (χ0) is 9.47. The molecule has 2 bridgehead atoms. The summed E-state index contributed by atoms with van der Waals surface area (Å²) in [7, 11) is 0. The SMILES string of the molecule is CC1CC2=CCCC(N)(C1)CC2C. The first-order valence-corrected chi connectivity index (χ1v) is 5.57. The number of hydrogen-bond acceptors (Lipinski definition) is 1. The van der Waals surface area contributed by atoms with E-state index in [1.807, 2.05) is 0 Å². The van der Waals surface area contributed by atoms with E-state index in [4.69, 9.17) is 5.73 Å². The van der Waals surface area contributed by atoms with Crippen LogP contribution in [0.5, 0.6) is 0 Å². The van der Waals surface area contributed by atoms with Crippen molar-refractivity contribution in [3.8, 4) is 0 Å². The first-order valence-electron chi connectivity index (χ1n) is 5.57. The van der Waals surface area contributed by atoms with Crippen LogP contribution in [0, 0.1) is 11.8 Å². The van der Waals surface area contributed by atoms with Crippen molar-refractivity contribution in [2.45, 2.75) is 51.5 Å². The second-order valence-corrected chi connectivity index (χ2v) is 5.30. The highest BCUT2D eigenvalue weighted by molar-refractivity contribution is 5.15. The van der Waals surface area contributed by atoms with Crippen LogP contribution in [0.1, 0.15) is 46.0 Å². The van der Waals surface area contributed by atoms with Crippen molar-refractivity contribution in [1.82, 2.24) is 0 Å². The summed E-state index contributed by atoms with van der Waals surface area (Å²) < 4.78 is 0. The number of fused-ring (bicyclic) bond motifs is 3. The Hall–Kier alpha value is -0.300. The molecule has 2 N–H and O–H groups in total. The van der Waals surface area contributed by atoms with Crippen LogP contribution in [0.15, 0.2) is 11.6 Å². The van der Waals surface area contributed by atoms with Crippen molar-refractivity contribution in [3.63, 3.8) is 0 Å². The van der Waals surface area contributed by atoms with Gasteiger partial charge < -0.3 is 5.73 Å². The summed E-state index contributed by atoms with van der Waals surface area (Å²) in [5.74, 6) is 1.53. The van der Waals surface area contributed by atoms with Gasteiger partial charge in [-0.2, -0.15) is 0 Å². The molecule has 0 aliphatic heterocycles. The molecule has 2 aliphatic rings. The van der Waals surface area contributed by atoms with Gasteiger partial charge in [0, 0.05) is 5.54 Å². The Kier molecular flexibility index (Phi) is 2.23. The maximum absolute atomic E-state index is 6.44. The summed E-state index contributed by atoms with van der Waals surface area (Å²) in [4.78, 5) is 0. The van der Waals surface area contributed by atoms with Crippen LogP contribution in [0.25, 0.3) is 0 Å². The molecule has 74 valence electrons. The molecule has 13 heavy (non-hydrogen) atoms.